The lowest BCUT2D eigenvalue weighted by Crippen LogP contribution is -2.43. The van der Waals surface area contributed by atoms with Gasteiger partial charge in [-0.25, -0.2) is 22.7 Å². The number of carboxylic acids is 2. The van der Waals surface area contributed by atoms with Gasteiger partial charge >= 0.3 is 11.9 Å². The Hall–Kier alpha value is -3.04. The van der Waals surface area contributed by atoms with Crippen LogP contribution < -0.4 is 10.0 Å². The number of aliphatic carboxylic acids is 2. The van der Waals surface area contributed by atoms with Gasteiger partial charge in [0.1, 0.15) is 16.3 Å². The molecule has 4 atom stereocenters. The number of hydrogen-bond donors (Lipinski definition) is 4. The Kier molecular flexibility index (Phi) is 7.85. The normalized spacial score (nSPS) is 25.7. The van der Waals surface area contributed by atoms with Crippen molar-refractivity contribution in [1.82, 2.24) is 19.8 Å². The van der Waals surface area contributed by atoms with E-state index in [9.17, 15) is 42.6 Å². The van der Waals surface area contributed by atoms with E-state index in [2.05, 4.69) is 10.0 Å². The molecule has 3 aliphatic rings. The maximum absolute atomic E-state index is 12.9. The molecule has 0 spiro atoms. The molecule has 13 nitrogen and oxygen atoms in total. The minimum absolute atomic E-state index is 0.0104. The average Bonchev–Trinajstić information content (AvgIpc) is 3.22. The lowest BCUT2D eigenvalue weighted by atomic mass is 10.1. The number of carbonyl (C=O) groups is 5. The van der Waals surface area contributed by atoms with Crippen LogP contribution >= 0.6 is 11.3 Å². The van der Waals surface area contributed by atoms with Gasteiger partial charge in [-0.05, 0) is 30.7 Å². The van der Waals surface area contributed by atoms with Crippen LogP contribution in [0.5, 0.6) is 0 Å². The highest BCUT2D eigenvalue weighted by molar-refractivity contribution is 7.91. The average molecular weight is 557 g/mol. The van der Waals surface area contributed by atoms with Crippen molar-refractivity contribution in [2.24, 2.45) is 5.92 Å². The lowest BCUT2D eigenvalue weighted by molar-refractivity contribution is -0.150. The number of nitrogens with zero attached hydrogens (tertiary/aromatic N) is 2. The van der Waals surface area contributed by atoms with E-state index in [1.165, 1.54) is 6.07 Å². The summed E-state index contributed by atoms with van der Waals surface area (Å²) in [5, 5.41) is 23.5. The zero-order valence-corrected chi connectivity index (χ0v) is 21.4. The molecule has 0 bridgehead atoms. The molecule has 37 heavy (non-hydrogen) atoms. The number of hydrogen-bond acceptors (Lipinski definition) is 8. The van der Waals surface area contributed by atoms with Gasteiger partial charge in [0.15, 0.2) is 0 Å². The molecular formula is C22H28N4O9S2. The first-order valence-electron chi connectivity index (χ1n) is 11.9. The maximum atomic E-state index is 12.9. The van der Waals surface area contributed by atoms with Crippen molar-refractivity contribution in [1.29, 1.82) is 0 Å². The number of rotatable bonds is 10. The van der Waals surface area contributed by atoms with Gasteiger partial charge in [-0.2, -0.15) is 0 Å². The summed E-state index contributed by atoms with van der Waals surface area (Å²) < 4.78 is 27.5. The quantitative estimate of drug-likeness (QED) is 0.293. The molecule has 1 saturated carbocycles. The zero-order valence-electron chi connectivity index (χ0n) is 19.7. The fraction of sp³-hybridized carbons (Fsp3) is 0.591. The van der Waals surface area contributed by atoms with Gasteiger partial charge in [0, 0.05) is 50.4 Å². The predicted molar refractivity (Wildman–Crippen MR) is 128 cm³/mol. The summed E-state index contributed by atoms with van der Waals surface area (Å²) in [6, 6.07) is -0.740. The lowest BCUT2D eigenvalue weighted by Gasteiger charge is -2.24. The molecule has 0 aromatic carbocycles. The van der Waals surface area contributed by atoms with Crippen LogP contribution in [0.3, 0.4) is 0 Å². The molecule has 2 saturated heterocycles. The van der Waals surface area contributed by atoms with E-state index in [0.29, 0.717) is 0 Å². The van der Waals surface area contributed by atoms with Crippen molar-refractivity contribution >= 4 is 51.0 Å². The van der Waals surface area contributed by atoms with Crippen LogP contribution in [0.4, 0.5) is 0 Å². The Morgan fingerprint density at radius 1 is 0.919 bits per heavy atom. The number of carboxylic acid groups (broad SMARTS) is 2. The summed E-state index contributed by atoms with van der Waals surface area (Å²) in [6.45, 7) is -0.165. The Balaban J connectivity index is 1.34. The summed E-state index contributed by atoms with van der Waals surface area (Å²) in [6.07, 6.45) is 0.795. The largest absolute Gasteiger partial charge is 0.480 e. The van der Waals surface area contributed by atoms with Crippen LogP contribution in [0.25, 0.3) is 0 Å². The van der Waals surface area contributed by atoms with E-state index in [0.717, 1.165) is 34.0 Å². The van der Waals surface area contributed by atoms with Crippen LogP contribution in [-0.2, 0) is 34.0 Å². The molecule has 2 aliphatic heterocycles. The minimum atomic E-state index is -3.87. The predicted octanol–water partition coefficient (Wildman–Crippen LogP) is -0.559. The minimum Gasteiger partial charge on any atom is -0.480 e. The second-order valence-electron chi connectivity index (χ2n) is 9.50. The van der Waals surface area contributed by atoms with Gasteiger partial charge in [0.2, 0.25) is 27.7 Å². The molecule has 4 unspecified atom stereocenters. The fourth-order valence-electron chi connectivity index (χ4n) is 4.74. The van der Waals surface area contributed by atoms with Crippen molar-refractivity contribution in [2.75, 3.05) is 13.1 Å². The van der Waals surface area contributed by atoms with E-state index >= 15 is 0 Å². The fourth-order valence-corrected chi connectivity index (χ4v) is 6.99. The number of thiophene rings is 1. The van der Waals surface area contributed by atoms with Gasteiger partial charge < -0.3 is 25.3 Å². The van der Waals surface area contributed by atoms with Crippen LogP contribution in [0, 0.1) is 5.92 Å². The molecule has 4 N–H and O–H groups in total. The molecule has 15 heteroatoms. The summed E-state index contributed by atoms with van der Waals surface area (Å²) in [5.74, 6) is -3.97. The van der Waals surface area contributed by atoms with E-state index in [1.807, 2.05) is 0 Å². The van der Waals surface area contributed by atoms with Gasteiger partial charge in [-0.15, -0.1) is 11.3 Å². The molecule has 1 aliphatic carbocycles. The van der Waals surface area contributed by atoms with Crippen molar-refractivity contribution in [3.05, 3.63) is 17.5 Å². The Morgan fingerprint density at radius 3 is 1.95 bits per heavy atom. The molecule has 3 amide bonds. The molecule has 3 heterocycles. The summed E-state index contributed by atoms with van der Waals surface area (Å²) >= 11 is 1.01. The smallest absolute Gasteiger partial charge is 0.326 e. The first-order valence-corrected chi connectivity index (χ1v) is 14.2. The molecule has 4 rings (SSSR count). The van der Waals surface area contributed by atoms with Crippen LogP contribution in [0.1, 0.15) is 38.5 Å². The highest BCUT2D eigenvalue weighted by atomic mass is 32.2. The summed E-state index contributed by atoms with van der Waals surface area (Å²) in [5.41, 5.74) is 0. The highest BCUT2D eigenvalue weighted by Gasteiger charge is 2.43. The van der Waals surface area contributed by atoms with E-state index in [4.69, 9.17) is 0 Å². The standard InChI is InChI=1S/C22H28N4O9S2/c27-17(25-10-13(8-15(25)21(30)31)23-20(29)12-3-4-12)5-6-18(28)26-11-14(9-16(26)22(32)33)24-37(34,35)19-2-1-7-36-19/h1-2,7,12-16,24H,3-6,8-11H2,(H,23,29)(H,30,31)(H,32,33). The molecular weight excluding hydrogens is 528 g/mol. The van der Waals surface area contributed by atoms with Crippen LogP contribution in [-0.4, -0.2) is 95.3 Å². The number of nitrogens with one attached hydrogen (secondary N) is 2. The Labute approximate surface area is 216 Å². The Bertz CT molecular complexity index is 1180. The third-order valence-electron chi connectivity index (χ3n) is 6.74. The number of sulfonamides is 1. The monoisotopic (exact) mass is 556 g/mol. The number of amides is 3. The van der Waals surface area contributed by atoms with Gasteiger partial charge in [0.05, 0.1) is 0 Å². The van der Waals surface area contributed by atoms with Gasteiger partial charge in [-0.3, -0.25) is 14.4 Å². The zero-order chi connectivity index (χ0) is 26.9. The molecule has 202 valence electrons. The summed E-state index contributed by atoms with van der Waals surface area (Å²) in [7, 11) is -3.87. The van der Waals surface area contributed by atoms with E-state index in [1.54, 1.807) is 11.4 Å². The van der Waals surface area contributed by atoms with E-state index in [-0.39, 0.29) is 54.8 Å². The second kappa shape index (κ2) is 10.8. The third kappa shape index (κ3) is 6.27. The van der Waals surface area contributed by atoms with Crippen LogP contribution in [0.2, 0.25) is 0 Å². The van der Waals surface area contributed by atoms with Crippen molar-refractivity contribution < 1.29 is 42.6 Å². The first kappa shape index (κ1) is 27.0. The summed E-state index contributed by atoms with van der Waals surface area (Å²) in [4.78, 5) is 63.3. The van der Waals surface area contributed by atoms with Crippen molar-refractivity contribution in [2.45, 2.75) is 66.9 Å². The molecule has 0 radical (unpaired) electrons. The Morgan fingerprint density at radius 2 is 1.46 bits per heavy atom. The highest BCUT2D eigenvalue weighted by Crippen LogP contribution is 2.30. The second-order valence-corrected chi connectivity index (χ2v) is 12.4. The maximum Gasteiger partial charge on any atom is 0.326 e. The number of carbonyl (C=O) groups excluding carboxylic acids is 3. The number of likely N-dealkylation sites (tertiary alicyclic amines) is 2. The van der Waals surface area contributed by atoms with Gasteiger partial charge in [-0.1, -0.05) is 6.07 Å². The molecule has 1 aromatic heterocycles. The molecule has 3 fully saturated rings. The van der Waals surface area contributed by atoms with E-state index < -0.39 is 57.9 Å². The van der Waals surface area contributed by atoms with Crippen molar-refractivity contribution in [3.8, 4) is 0 Å². The first-order chi connectivity index (χ1) is 17.5. The van der Waals surface area contributed by atoms with Crippen LogP contribution in [0.15, 0.2) is 21.7 Å². The van der Waals surface area contributed by atoms with Gasteiger partial charge in [0.25, 0.3) is 0 Å². The SMILES string of the molecule is O=C(NC1CC(C(=O)O)N(C(=O)CCC(=O)N2CC(NS(=O)(=O)c3cccs3)CC2C(=O)O)C1)C1CC1. The van der Waals surface area contributed by atoms with Crippen molar-refractivity contribution in [3.63, 3.8) is 0 Å². The third-order valence-corrected chi connectivity index (χ3v) is 9.66. The topological polar surface area (TPSA) is 190 Å². The molecule has 1 aromatic rings.